The molecule has 0 rings (SSSR count). The van der Waals surface area contributed by atoms with Gasteiger partial charge in [-0.05, 0) is 13.3 Å². The van der Waals surface area contributed by atoms with E-state index in [-0.39, 0.29) is 19.2 Å². The molecule has 39 heavy (non-hydrogen) atoms. The van der Waals surface area contributed by atoms with Crippen molar-refractivity contribution in [2.75, 3.05) is 13.2 Å². The van der Waals surface area contributed by atoms with Gasteiger partial charge in [0.05, 0.1) is 0 Å². The standard InChI is InChI=1S/C35H66O4/c1-4-5-6-7-8-9-10-11-12-13-14-15-16-17-18-19-20-21-22-23-24-25-26-27-28-29-30-34(36)38-31-32-39-35(37)33(2)3/h2,4-32H2,1,3H3. The van der Waals surface area contributed by atoms with Crippen molar-refractivity contribution in [3.63, 3.8) is 0 Å². The summed E-state index contributed by atoms with van der Waals surface area (Å²) in [5.74, 6) is -0.646. The lowest BCUT2D eigenvalue weighted by molar-refractivity contribution is -0.150. The minimum absolute atomic E-state index is 0.0942. The molecule has 0 radical (unpaired) electrons. The van der Waals surface area contributed by atoms with Crippen LogP contribution in [-0.2, 0) is 19.1 Å². The van der Waals surface area contributed by atoms with Crippen molar-refractivity contribution in [2.24, 2.45) is 0 Å². The molecular weight excluding hydrogens is 484 g/mol. The van der Waals surface area contributed by atoms with E-state index < -0.39 is 5.97 Å². The fourth-order valence-corrected chi connectivity index (χ4v) is 5.07. The molecule has 4 nitrogen and oxygen atoms in total. The molecule has 0 aliphatic carbocycles. The summed E-state index contributed by atoms with van der Waals surface area (Å²) in [5, 5.41) is 0. The van der Waals surface area contributed by atoms with Crippen molar-refractivity contribution < 1.29 is 19.1 Å². The molecule has 0 aromatic heterocycles. The second kappa shape index (κ2) is 31.2. The van der Waals surface area contributed by atoms with Crippen molar-refractivity contribution in [1.82, 2.24) is 0 Å². The van der Waals surface area contributed by atoms with Crippen LogP contribution in [0.2, 0.25) is 0 Å². The number of esters is 2. The molecule has 0 unspecified atom stereocenters. The summed E-state index contributed by atoms with van der Waals surface area (Å²) >= 11 is 0. The molecule has 0 N–H and O–H groups in total. The van der Waals surface area contributed by atoms with Crippen molar-refractivity contribution in [1.29, 1.82) is 0 Å². The highest BCUT2D eigenvalue weighted by Gasteiger charge is 2.05. The first kappa shape index (κ1) is 37.7. The van der Waals surface area contributed by atoms with E-state index in [4.69, 9.17) is 9.47 Å². The zero-order valence-corrected chi connectivity index (χ0v) is 26.3. The Bertz CT molecular complexity index is 557. The Balaban J connectivity index is 3.14. The first-order valence-electron chi connectivity index (χ1n) is 17.1. The van der Waals surface area contributed by atoms with Crippen LogP contribution < -0.4 is 0 Å². The first-order chi connectivity index (χ1) is 19.1. The van der Waals surface area contributed by atoms with Crippen molar-refractivity contribution >= 4 is 11.9 Å². The Hall–Kier alpha value is -1.32. The molecule has 0 bridgehead atoms. The Kier molecular flexibility index (Phi) is 30.2. The number of carbonyl (C=O) groups excluding carboxylic acids is 2. The van der Waals surface area contributed by atoms with E-state index in [1.807, 2.05) is 0 Å². The average molecular weight is 551 g/mol. The maximum atomic E-state index is 11.7. The number of rotatable bonds is 31. The van der Waals surface area contributed by atoms with Gasteiger partial charge < -0.3 is 9.47 Å². The molecule has 0 saturated carbocycles. The van der Waals surface area contributed by atoms with E-state index in [0.717, 1.165) is 12.8 Å². The van der Waals surface area contributed by atoms with Crippen LogP contribution >= 0.6 is 0 Å². The predicted octanol–water partition coefficient (Wildman–Crippen LogP) is 11.2. The molecule has 0 saturated heterocycles. The van der Waals surface area contributed by atoms with Crippen LogP contribution in [0, 0.1) is 0 Å². The number of carbonyl (C=O) groups is 2. The Morgan fingerprint density at radius 2 is 0.744 bits per heavy atom. The first-order valence-corrected chi connectivity index (χ1v) is 17.1. The third kappa shape index (κ3) is 31.1. The molecule has 0 fully saturated rings. The van der Waals surface area contributed by atoms with E-state index in [2.05, 4.69) is 13.5 Å². The van der Waals surface area contributed by atoms with Crippen LogP contribution in [0.3, 0.4) is 0 Å². The summed E-state index contributed by atoms with van der Waals surface area (Å²) in [7, 11) is 0. The van der Waals surface area contributed by atoms with E-state index in [0.29, 0.717) is 12.0 Å². The number of hydrogen-bond donors (Lipinski definition) is 0. The SMILES string of the molecule is C=C(C)C(=O)OCCOC(=O)CCCCCCCCCCCCCCCCCCCCCCCCCCCC. The molecule has 0 atom stereocenters. The van der Waals surface area contributed by atoms with Gasteiger partial charge in [0.1, 0.15) is 13.2 Å². The topological polar surface area (TPSA) is 52.6 Å². The molecule has 0 heterocycles. The lowest BCUT2D eigenvalue weighted by atomic mass is 10.0. The lowest BCUT2D eigenvalue weighted by Gasteiger charge is -2.06. The van der Waals surface area contributed by atoms with Crippen molar-refractivity contribution in [3.05, 3.63) is 12.2 Å². The van der Waals surface area contributed by atoms with Crippen LogP contribution in [0.15, 0.2) is 12.2 Å². The largest absolute Gasteiger partial charge is 0.462 e. The van der Waals surface area contributed by atoms with Crippen LogP contribution in [-0.4, -0.2) is 25.2 Å². The normalized spacial score (nSPS) is 11.0. The van der Waals surface area contributed by atoms with E-state index in [9.17, 15) is 9.59 Å². The van der Waals surface area contributed by atoms with E-state index in [1.54, 1.807) is 6.92 Å². The van der Waals surface area contributed by atoms with Crippen LogP contribution in [0.5, 0.6) is 0 Å². The van der Waals surface area contributed by atoms with Gasteiger partial charge in [-0.3, -0.25) is 4.79 Å². The minimum Gasteiger partial charge on any atom is -0.462 e. The number of unbranched alkanes of at least 4 members (excludes halogenated alkanes) is 25. The molecule has 0 spiro atoms. The molecule has 0 aromatic carbocycles. The maximum absolute atomic E-state index is 11.7. The molecule has 0 aromatic rings. The summed E-state index contributed by atoms with van der Waals surface area (Å²) in [6.45, 7) is 7.61. The number of hydrogen-bond acceptors (Lipinski definition) is 4. The van der Waals surface area contributed by atoms with Gasteiger partial charge in [-0.2, -0.15) is 0 Å². The van der Waals surface area contributed by atoms with Gasteiger partial charge in [-0.1, -0.05) is 174 Å². The van der Waals surface area contributed by atoms with Gasteiger partial charge in [-0.25, -0.2) is 4.79 Å². The van der Waals surface area contributed by atoms with Crippen LogP contribution in [0.1, 0.15) is 187 Å². The quantitative estimate of drug-likeness (QED) is 0.0489. The highest BCUT2D eigenvalue weighted by atomic mass is 16.6. The van der Waals surface area contributed by atoms with Crippen molar-refractivity contribution in [3.8, 4) is 0 Å². The average Bonchev–Trinajstić information content (AvgIpc) is 2.92. The number of ether oxygens (including phenoxy) is 2. The lowest BCUT2D eigenvalue weighted by Crippen LogP contribution is -2.14. The van der Waals surface area contributed by atoms with Gasteiger partial charge in [-0.15, -0.1) is 0 Å². The second-order valence-electron chi connectivity index (χ2n) is 11.7. The summed E-state index contributed by atoms with van der Waals surface area (Å²) in [5.41, 5.74) is 0.354. The Labute approximate surface area is 243 Å². The summed E-state index contributed by atoms with van der Waals surface area (Å²) in [4.78, 5) is 22.9. The van der Waals surface area contributed by atoms with Crippen LogP contribution in [0.4, 0.5) is 0 Å². The molecule has 0 amide bonds. The fraction of sp³-hybridized carbons (Fsp3) is 0.886. The Morgan fingerprint density at radius 1 is 0.462 bits per heavy atom. The smallest absolute Gasteiger partial charge is 0.333 e. The van der Waals surface area contributed by atoms with Crippen molar-refractivity contribution in [2.45, 2.75) is 187 Å². The second-order valence-corrected chi connectivity index (χ2v) is 11.7. The van der Waals surface area contributed by atoms with E-state index in [1.165, 1.54) is 154 Å². The molecule has 4 heteroatoms. The third-order valence-electron chi connectivity index (χ3n) is 7.66. The Morgan fingerprint density at radius 3 is 1.05 bits per heavy atom. The highest BCUT2D eigenvalue weighted by molar-refractivity contribution is 5.86. The summed E-state index contributed by atoms with van der Waals surface area (Å²) < 4.78 is 9.98. The molecule has 230 valence electrons. The molecular formula is C35H66O4. The molecule has 0 aliphatic rings. The minimum atomic E-state index is -0.443. The zero-order chi connectivity index (χ0) is 28.7. The van der Waals surface area contributed by atoms with Gasteiger partial charge in [0.25, 0.3) is 0 Å². The van der Waals surface area contributed by atoms with Gasteiger partial charge >= 0.3 is 11.9 Å². The maximum Gasteiger partial charge on any atom is 0.333 e. The van der Waals surface area contributed by atoms with Gasteiger partial charge in [0.2, 0.25) is 0 Å². The predicted molar refractivity (Wildman–Crippen MR) is 167 cm³/mol. The third-order valence-corrected chi connectivity index (χ3v) is 7.66. The van der Waals surface area contributed by atoms with E-state index >= 15 is 0 Å². The highest BCUT2D eigenvalue weighted by Crippen LogP contribution is 2.16. The summed E-state index contributed by atoms with van der Waals surface area (Å²) in [6.07, 6.45) is 36.3. The van der Waals surface area contributed by atoms with Gasteiger partial charge in [0, 0.05) is 12.0 Å². The van der Waals surface area contributed by atoms with Crippen LogP contribution in [0.25, 0.3) is 0 Å². The monoisotopic (exact) mass is 550 g/mol. The summed E-state index contributed by atoms with van der Waals surface area (Å²) in [6, 6.07) is 0. The van der Waals surface area contributed by atoms with Gasteiger partial charge in [0.15, 0.2) is 0 Å². The zero-order valence-electron chi connectivity index (χ0n) is 26.3. The fourth-order valence-electron chi connectivity index (χ4n) is 5.07. The molecule has 0 aliphatic heterocycles.